The molecule has 0 bridgehead atoms. The third-order valence-electron chi connectivity index (χ3n) is 7.03. The van der Waals surface area contributed by atoms with Gasteiger partial charge in [-0.3, -0.25) is 0 Å². The summed E-state index contributed by atoms with van der Waals surface area (Å²) >= 11 is 0. The van der Waals surface area contributed by atoms with E-state index in [1.807, 2.05) is 0 Å². The fourth-order valence-electron chi connectivity index (χ4n) is 5.10. The first-order valence-corrected chi connectivity index (χ1v) is 15.8. The Bertz CT molecular complexity index is 782. The molecule has 0 N–H and O–H groups in total. The first kappa shape index (κ1) is 26.7. The molecule has 2 heteroatoms. The van der Waals surface area contributed by atoms with Gasteiger partial charge in [0, 0.05) is 0 Å². The van der Waals surface area contributed by atoms with E-state index in [1.165, 1.54) is 86.3 Å². The second kappa shape index (κ2) is 15.9. The quantitative estimate of drug-likeness (QED) is 0.144. The molecule has 0 fully saturated rings. The maximum absolute atomic E-state index is 5.68. The monoisotopic (exact) mass is 476 g/mol. The van der Waals surface area contributed by atoms with Crippen LogP contribution in [0.2, 0.25) is 0 Å². The third kappa shape index (κ3) is 8.07. The SMILES string of the molecule is CCCCOCCCCCCCCCC[PH](c1ccccc1)(c1ccccc1)c1ccccc1. The van der Waals surface area contributed by atoms with Gasteiger partial charge >= 0.3 is 190 Å². The molecule has 0 aliphatic heterocycles. The van der Waals surface area contributed by atoms with Gasteiger partial charge < -0.3 is 0 Å². The second-order valence-electron chi connectivity index (χ2n) is 9.55. The van der Waals surface area contributed by atoms with Crippen LogP contribution in [0.1, 0.15) is 71.1 Å². The minimum absolute atomic E-state index is 0.941. The standard InChI is InChI=1S/C32H45OP/c1-2-3-27-33-28-19-8-6-4-5-7-9-20-29-34(30-21-13-10-14-22-30,31-23-15-11-16-24-31)32-25-17-12-18-26-32/h10-18,21-26,34H,2-9,19-20,27-29H2,1H3. The van der Waals surface area contributed by atoms with Crippen LogP contribution in [-0.4, -0.2) is 19.4 Å². The number of ether oxygens (including phenoxy) is 1. The van der Waals surface area contributed by atoms with Crippen LogP contribution in [0.25, 0.3) is 0 Å². The molecule has 0 spiro atoms. The molecular weight excluding hydrogens is 431 g/mol. The number of unbranched alkanes of at least 4 members (excludes halogenated alkanes) is 8. The molecule has 0 aliphatic carbocycles. The van der Waals surface area contributed by atoms with Crippen LogP contribution in [0.4, 0.5) is 0 Å². The topological polar surface area (TPSA) is 9.23 Å². The molecule has 0 amide bonds. The average molecular weight is 477 g/mol. The summed E-state index contributed by atoms with van der Waals surface area (Å²) in [6.45, 7) is 4.11. The van der Waals surface area contributed by atoms with Crippen molar-refractivity contribution in [3.05, 3.63) is 91.0 Å². The molecule has 184 valence electrons. The van der Waals surface area contributed by atoms with Gasteiger partial charge in [0.05, 0.1) is 0 Å². The maximum atomic E-state index is 5.68. The average Bonchev–Trinajstić information content (AvgIpc) is 2.91. The van der Waals surface area contributed by atoms with E-state index in [9.17, 15) is 0 Å². The first-order chi connectivity index (χ1) is 16.9. The van der Waals surface area contributed by atoms with Gasteiger partial charge in [0.25, 0.3) is 0 Å². The molecule has 3 aromatic carbocycles. The van der Waals surface area contributed by atoms with Gasteiger partial charge in [0.2, 0.25) is 0 Å². The van der Waals surface area contributed by atoms with Gasteiger partial charge in [-0.15, -0.1) is 0 Å². The van der Waals surface area contributed by atoms with Gasteiger partial charge in [-0.05, 0) is 6.42 Å². The Morgan fingerprint density at radius 3 is 1.29 bits per heavy atom. The molecule has 0 atom stereocenters. The van der Waals surface area contributed by atoms with Crippen LogP contribution in [0.5, 0.6) is 0 Å². The van der Waals surface area contributed by atoms with Gasteiger partial charge in [-0.25, -0.2) is 0 Å². The third-order valence-corrected chi connectivity index (χ3v) is 12.1. The zero-order valence-corrected chi connectivity index (χ0v) is 22.3. The normalized spacial score (nSPS) is 12.0. The van der Waals surface area contributed by atoms with Crippen molar-refractivity contribution in [3.63, 3.8) is 0 Å². The van der Waals surface area contributed by atoms with Gasteiger partial charge in [-0.1, -0.05) is 13.3 Å². The summed E-state index contributed by atoms with van der Waals surface area (Å²) in [6.07, 6.45) is 14.3. The summed E-state index contributed by atoms with van der Waals surface area (Å²) in [6, 6.07) is 34.0. The van der Waals surface area contributed by atoms with E-state index in [0.29, 0.717) is 0 Å². The first-order valence-electron chi connectivity index (χ1n) is 13.6. The Hall–Kier alpha value is -1.95. The van der Waals surface area contributed by atoms with Crippen molar-refractivity contribution in [1.82, 2.24) is 0 Å². The summed E-state index contributed by atoms with van der Waals surface area (Å²) in [4.78, 5) is 0. The van der Waals surface area contributed by atoms with Crippen molar-refractivity contribution in [2.75, 3.05) is 19.4 Å². The summed E-state index contributed by atoms with van der Waals surface area (Å²) in [5.41, 5.74) is 0. The van der Waals surface area contributed by atoms with Crippen LogP contribution < -0.4 is 15.9 Å². The Morgan fingerprint density at radius 1 is 0.471 bits per heavy atom. The molecule has 3 aromatic rings. The van der Waals surface area contributed by atoms with Crippen molar-refractivity contribution < 1.29 is 4.74 Å². The van der Waals surface area contributed by atoms with Crippen molar-refractivity contribution in [2.24, 2.45) is 0 Å². The zero-order chi connectivity index (χ0) is 23.7. The molecule has 0 aliphatic rings. The molecule has 0 radical (unpaired) electrons. The molecule has 0 aromatic heterocycles. The van der Waals surface area contributed by atoms with Crippen LogP contribution in [0.15, 0.2) is 91.0 Å². The number of hydrogen-bond donors (Lipinski definition) is 0. The molecule has 3 rings (SSSR count). The van der Waals surface area contributed by atoms with Gasteiger partial charge in [-0.2, -0.15) is 0 Å². The van der Waals surface area contributed by atoms with Crippen LogP contribution >= 0.6 is 7.26 Å². The fraction of sp³-hybridized carbons (Fsp3) is 0.438. The summed E-state index contributed by atoms with van der Waals surface area (Å²) in [5, 5.41) is 4.61. The van der Waals surface area contributed by atoms with Crippen molar-refractivity contribution in [1.29, 1.82) is 0 Å². The number of rotatable bonds is 17. The van der Waals surface area contributed by atoms with Gasteiger partial charge in [0.1, 0.15) is 0 Å². The van der Waals surface area contributed by atoms with Crippen LogP contribution in [0, 0.1) is 0 Å². The summed E-state index contributed by atoms with van der Waals surface area (Å²) < 4.78 is 5.68. The Morgan fingerprint density at radius 2 is 0.853 bits per heavy atom. The van der Waals surface area contributed by atoms with Gasteiger partial charge in [0.15, 0.2) is 0 Å². The van der Waals surface area contributed by atoms with Crippen molar-refractivity contribution in [2.45, 2.75) is 71.1 Å². The fourth-order valence-corrected chi connectivity index (χ4v) is 10.0. The molecular formula is C32H45OP. The number of benzene rings is 3. The van der Waals surface area contributed by atoms with Crippen LogP contribution in [0.3, 0.4) is 0 Å². The second-order valence-corrected chi connectivity index (χ2v) is 13.6. The Kier molecular flexibility index (Phi) is 12.4. The summed E-state index contributed by atoms with van der Waals surface area (Å²) in [5.74, 6) is 0. The van der Waals surface area contributed by atoms with Crippen molar-refractivity contribution >= 4 is 23.2 Å². The van der Waals surface area contributed by atoms with E-state index in [4.69, 9.17) is 4.74 Å². The van der Waals surface area contributed by atoms with E-state index < -0.39 is 7.26 Å². The predicted octanol–water partition coefficient (Wildman–Crippen LogP) is 7.65. The zero-order valence-electron chi connectivity index (χ0n) is 21.3. The Balaban J connectivity index is 1.54. The van der Waals surface area contributed by atoms with E-state index in [-0.39, 0.29) is 0 Å². The Labute approximate surface area is 209 Å². The molecule has 0 saturated carbocycles. The van der Waals surface area contributed by atoms with E-state index in [2.05, 4.69) is 97.9 Å². The molecule has 0 saturated heterocycles. The molecule has 0 heterocycles. The molecule has 1 nitrogen and oxygen atoms in total. The minimum atomic E-state index is -2.04. The van der Waals surface area contributed by atoms with Crippen molar-refractivity contribution in [3.8, 4) is 0 Å². The molecule has 34 heavy (non-hydrogen) atoms. The predicted molar refractivity (Wildman–Crippen MR) is 154 cm³/mol. The summed E-state index contributed by atoms with van der Waals surface area (Å²) in [7, 11) is -2.04. The van der Waals surface area contributed by atoms with E-state index >= 15 is 0 Å². The van der Waals surface area contributed by atoms with E-state index in [1.54, 1.807) is 0 Å². The van der Waals surface area contributed by atoms with Crippen LogP contribution in [-0.2, 0) is 4.74 Å². The number of hydrogen-bond acceptors (Lipinski definition) is 1. The van der Waals surface area contributed by atoms with E-state index in [0.717, 1.165) is 13.2 Å². The molecule has 0 unspecified atom stereocenters.